The van der Waals surface area contributed by atoms with E-state index in [1.54, 1.807) is 0 Å². The van der Waals surface area contributed by atoms with Gasteiger partial charge in [-0.25, -0.2) is 0 Å². The number of hydrogen-bond donors (Lipinski definition) is 1. The first-order chi connectivity index (χ1) is 10.9. The van der Waals surface area contributed by atoms with Gasteiger partial charge in [-0.1, -0.05) is 48.5 Å². The number of H-pyrrole nitrogens is 1. The van der Waals surface area contributed by atoms with Crippen LogP contribution in [0.1, 0.15) is 6.92 Å². The minimum atomic E-state index is 0.652. The number of aromatic amines is 1. The first-order valence-electron chi connectivity index (χ1n) is 7.52. The molecule has 2 heteroatoms. The van der Waals surface area contributed by atoms with Crippen molar-refractivity contribution >= 4 is 21.7 Å². The highest BCUT2D eigenvalue weighted by atomic mass is 16.5. The number of fused-ring (bicyclic) bond motifs is 2. The molecule has 0 fully saturated rings. The molecule has 1 N–H and O–H groups in total. The molecule has 3 aromatic carbocycles. The van der Waals surface area contributed by atoms with Crippen molar-refractivity contribution in [2.75, 3.05) is 6.61 Å². The van der Waals surface area contributed by atoms with Crippen molar-refractivity contribution in [3.8, 4) is 16.9 Å². The van der Waals surface area contributed by atoms with E-state index < -0.39 is 0 Å². The van der Waals surface area contributed by atoms with E-state index in [2.05, 4.69) is 59.7 Å². The maximum atomic E-state index is 5.81. The van der Waals surface area contributed by atoms with Crippen LogP contribution in [0.5, 0.6) is 5.75 Å². The number of rotatable bonds is 3. The average molecular weight is 286 g/mol. The summed E-state index contributed by atoms with van der Waals surface area (Å²) in [4.78, 5) is 3.25. The second-order valence-corrected chi connectivity index (χ2v) is 5.26. The van der Waals surface area contributed by atoms with Gasteiger partial charge in [0.05, 0.1) is 23.7 Å². The van der Waals surface area contributed by atoms with Crippen molar-refractivity contribution < 1.29 is 4.74 Å². The molecule has 107 valence electrons. The summed E-state index contributed by atoms with van der Waals surface area (Å²) in [5.41, 5.74) is 3.29. The fourth-order valence-corrected chi connectivity index (χ4v) is 3.01. The maximum Gasteiger partial charge on any atom is 0.129 e. The van der Waals surface area contributed by atoms with Crippen molar-refractivity contribution in [2.45, 2.75) is 6.92 Å². The standard InChI is InChI=1S/C20H16NO/c1-2-22-19-12-6-11-18-20(19)17(13-21-18)16-10-5-8-14-7-3-4-9-15(14)16/h3-12,21H,2H2,1H3. The maximum absolute atomic E-state index is 5.81. The van der Waals surface area contributed by atoms with E-state index >= 15 is 0 Å². The summed E-state index contributed by atoms with van der Waals surface area (Å²) >= 11 is 0. The van der Waals surface area contributed by atoms with Crippen molar-refractivity contribution in [3.63, 3.8) is 0 Å². The predicted octanol–water partition coefficient (Wildman–Crippen LogP) is 5.19. The molecule has 0 aliphatic rings. The lowest BCUT2D eigenvalue weighted by Crippen LogP contribution is -1.92. The fraction of sp³-hybridized carbons (Fsp3) is 0.100. The summed E-state index contributed by atoms with van der Waals surface area (Å²) in [7, 11) is 0. The van der Waals surface area contributed by atoms with Crippen LogP contribution in [0.3, 0.4) is 0 Å². The molecule has 0 spiro atoms. The summed E-state index contributed by atoms with van der Waals surface area (Å²) in [6.45, 7) is 2.66. The molecular weight excluding hydrogens is 270 g/mol. The Hall–Kier alpha value is -2.74. The van der Waals surface area contributed by atoms with Crippen LogP contribution in [0.15, 0.2) is 60.7 Å². The van der Waals surface area contributed by atoms with Gasteiger partial charge in [0.15, 0.2) is 0 Å². The Labute approximate surface area is 129 Å². The molecule has 1 radical (unpaired) electrons. The molecule has 22 heavy (non-hydrogen) atoms. The van der Waals surface area contributed by atoms with Gasteiger partial charge in [-0.15, -0.1) is 0 Å². The van der Waals surface area contributed by atoms with E-state index in [4.69, 9.17) is 4.74 Å². The van der Waals surface area contributed by atoms with Crippen LogP contribution in [0.25, 0.3) is 32.8 Å². The number of aromatic nitrogens is 1. The molecular formula is C20H16NO. The van der Waals surface area contributed by atoms with E-state index in [1.165, 1.54) is 16.3 Å². The van der Waals surface area contributed by atoms with Crippen LogP contribution in [-0.4, -0.2) is 11.6 Å². The second-order valence-electron chi connectivity index (χ2n) is 5.26. The van der Waals surface area contributed by atoms with Crippen LogP contribution < -0.4 is 4.74 Å². The largest absolute Gasteiger partial charge is 0.493 e. The smallest absolute Gasteiger partial charge is 0.129 e. The molecule has 0 amide bonds. The first-order valence-corrected chi connectivity index (χ1v) is 7.52. The molecule has 1 heterocycles. The van der Waals surface area contributed by atoms with Crippen molar-refractivity contribution in [1.29, 1.82) is 0 Å². The summed E-state index contributed by atoms with van der Waals surface area (Å²) in [5.74, 6) is 0.903. The third-order valence-corrected chi connectivity index (χ3v) is 3.96. The third kappa shape index (κ3) is 1.96. The Morgan fingerprint density at radius 3 is 2.68 bits per heavy atom. The summed E-state index contributed by atoms with van der Waals surface area (Å²) in [6.07, 6.45) is 3.32. The lowest BCUT2D eigenvalue weighted by atomic mass is 9.97. The lowest BCUT2D eigenvalue weighted by molar-refractivity contribution is 0.344. The zero-order valence-electron chi connectivity index (χ0n) is 12.4. The minimum absolute atomic E-state index is 0.652. The van der Waals surface area contributed by atoms with Crippen LogP contribution in [0.4, 0.5) is 0 Å². The van der Waals surface area contributed by atoms with Gasteiger partial charge in [0.1, 0.15) is 5.75 Å². The van der Waals surface area contributed by atoms with Gasteiger partial charge in [0.2, 0.25) is 0 Å². The fourth-order valence-electron chi connectivity index (χ4n) is 3.01. The monoisotopic (exact) mass is 286 g/mol. The van der Waals surface area contributed by atoms with E-state index in [-0.39, 0.29) is 0 Å². The van der Waals surface area contributed by atoms with Crippen molar-refractivity contribution in [1.82, 2.24) is 4.98 Å². The molecule has 0 atom stereocenters. The Balaban J connectivity index is 2.05. The van der Waals surface area contributed by atoms with Gasteiger partial charge in [-0.2, -0.15) is 0 Å². The Morgan fingerprint density at radius 1 is 0.955 bits per heavy atom. The molecule has 0 aliphatic carbocycles. The second kappa shape index (κ2) is 5.23. The van der Waals surface area contributed by atoms with E-state index in [1.807, 2.05) is 19.1 Å². The van der Waals surface area contributed by atoms with Crippen LogP contribution in [-0.2, 0) is 0 Å². The zero-order valence-corrected chi connectivity index (χ0v) is 12.4. The summed E-state index contributed by atoms with van der Waals surface area (Å²) in [6, 6.07) is 20.9. The molecule has 0 saturated heterocycles. The summed E-state index contributed by atoms with van der Waals surface area (Å²) < 4.78 is 5.81. The Morgan fingerprint density at radius 2 is 1.77 bits per heavy atom. The number of nitrogens with one attached hydrogen (secondary N) is 1. The Kier molecular flexibility index (Phi) is 3.08. The van der Waals surface area contributed by atoms with Crippen LogP contribution >= 0.6 is 0 Å². The van der Waals surface area contributed by atoms with Gasteiger partial charge < -0.3 is 9.72 Å². The molecule has 4 aromatic rings. The molecule has 1 aromatic heterocycles. The predicted molar refractivity (Wildman–Crippen MR) is 91.2 cm³/mol. The molecule has 4 rings (SSSR count). The molecule has 0 saturated carbocycles. The van der Waals surface area contributed by atoms with Gasteiger partial charge >= 0.3 is 0 Å². The topological polar surface area (TPSA) is 25.0 Å². The van der Waals surface area contributed by atoms with Gasteiger partial charge in [-0.3, -0.25) is 0 Å². The normalized spacial score (nSPS) is 11.1. The lowest BCUT2D eigenvalue weighted by Gasteiger charge is -2.09. The quantitative estimate of drug-likeness (QED) is 0.551. The van der Waals surface area contributed by atoms with Crippen molar-refractivity contribution in [3.05, 3.63) is 66.9 Å². The molecule has 0 bridgehead atoms. The minimum Gasteiger partial charge on any atom is -0.493 e. The van der Waals surface area contributed by atoms with E-state index in [0.717, 1.165) is 22.2 Å². The van der Waals surface area contributed by atoms with E-state index in [9.17, 15) is 0 Å². The van der Waals surface area contributed by atoms with Gasteiger partial charge in [-0.05, 0) is 35.4 Å². The highest BCUT2D eigenvalue weighted by Crippen LogP contribution is 2.38. The summed E-state index contributed by atoms with van der Waals surface area (Å²) in [5, 5.41) is 3.56. The highest BCUT2D eigenvalue weighted by molar-refractivity contribution is 6.06. The number of benzene rings is 3. The van der Waals surface area contributed by atoms with Crippen LogP contribution in [0.2, 0.25) is 0 Å². The van der Waals surface area contributed by atoms with Gasteiger partial charge in [0, 0.05) is 5.56 Å². The Bertz CT molecular complexity index is 947. The highest BCUT2D eigenvalue weighted by Gasteiger charge is 2.13. The first kappa shape index (κ1) is 13.0. The zero-order chi connectivity index (χ0) is 14.9. The molecule has 2 nitrogen and oxygen atoms in total. The average Bonchev–Trinajstić information content (AvgIpc) is 2.99. The third-order valence-electron chi connectivity index (χ3n) is 3.96. The molecule has 0 aliphatic heterocycles. The number of hydrogen-bond acceptors (Lipinski definition) is 1. The SMILES string of the molecule is CCOc1cccc2[nH][c]c(-c3cccc4ccccc34)c12. The van der Waals surface area contributed by atoms with Crippen LogP contribution in [0, 0.1) is 6.20 Å². The van der Waals surface area contributed by atoms with E-state index in [0.29, 0.717) is 6.61 Å². The van der Waals surface area contributed by atoms with Gasteiger partial charge in [0.25, 0.3) is 0 Å². The number of ether oxygens (including phenoxy) is 1. The molecule has 0 unspecified atom stereocenters. The van der Waals surface area contributed by atoms with Crippen molar-refractivity contribution in [2.24, 2.45) is 0 Å².